The molecule has 0 spiro atoms. The summed E-state index contributed by atoms with van der Waals surface area (Å²) in [5, 5.41) is 9.67. The number of carbonyl (C=O) groups excluding carboxylic acids is 2. The van der Waals surface area contributed by atoms with Crippen LogP contribution in [0, 0.1) is 18.6 Å². The first-order valence-corrected chi connectivity index (χ1v) is 11.7. The molecule has 4 rings (SSSR count). The average molecular weight is 548 g/mol. The van der Waals surface area contributed by atoms with Crippen LogP contribution in [0.1, 0.15) is 31.7 Å². The normalized spacial score (nSPS) is 13.0. The number of primary amides is 1. The van der Waals surface area contributed by atoms with Gasteiger partial charge in [0, 0.05) is 11.6 Å². The lowest BCUT2D eigenvalue weighted by atomic mass is 10.0. The number of fused-ring (bicyclic) bond motifs is 1. The van der Waals surface area contributed by atoms with E-state index >= 15 is 0 Å². The zero-order chi connectivity index (χ0) is 27.9. The molecule has 3 N–H and O–H groups in total. The number of hydrogen-bond donors (Lipinski definition) is 2. The Morgan fingerprint density at radius 2 is 1.87 bits per heavy atom. The van der Waals surface area contributed by atoms with Crippen molar-refractivity contribution in [3.8, 4) is 11.6 Å². The fourth-order valence-electron chi connectivity index (χ4n) is 4.02. The molecule has 200 valence electrons. The number of halogens is 3. The molecule has 2 heterocycles. The van der Waals surface area contributed by atoms with E-state index < -0.39 is 34.7 Å². The lowest BCUT2D eigenvalue weighted by Crippen LogP contribution is -2.42. The molecule has 0 saturated carbocycles. The molecule has 0 unspecified atom stereocenters. The Labute approximate surface area is 220 Å². The van der Waals surface area contributed by atoms with Gasteiger partial charge in [0.2, 0.25) is 11.8 Å². The second-order valence-corrected chi connectivity index (χ2v) is 9.71. The highest BCUT2D eigenvalue weighted by Gasteiger charge is 2.35. The number of amides is 3. The van der Waals surface area contributed by atoms with Crippen molar-refractivity contribution in [2.45, 2.75) is 39.4 Å². The van der Waals surface area contributed by atoms with Gasteiger partial charge in [-0.15, -0.1) is 0 Å². The van der Waals surface area contributed by atoms with Gasteiger partial charge in [-0.1, -0.05) is 11.6 Å². The number of ether oxygens (including phenoxy) is 1. The first-order valence-electron chi connectivity index (χ1n) is 11.4. The molecule has 0 bridgehead atoms. The van der Waals surface area contributed by atoms with E-state index in [0.717, 1.165) is 11.0 Å². The minimum Gasteiger partial charge on any atom is -0.471 e. The Morgan fingerprint density at radius 3 is 2.50 bits per heavy atom. The minimum absolute atomic E-state index is 0.0416. The Hall–Kier alpha value is -4.03. The predicted octanol–water partition coefficient (Wildman–Crippen LogP) is 3.40. The molecule has 38 heavy (non-hydrogen) atoms. The van der Waals surface area contributed by atoms with Gasteiger partial charge in [-0.05, 0) is 51.1 Å². The van der Waals surface area contributed by atoms with Crippen molar-refractivity contribution in [1.82, 2.24) is 9.55 Å². The number of aromatic nitrogens is 2. The molecule has 1 aromatic heterocycles. The summed E-state index contributed by atoms with van der Waals surface area (Å²) in [6, 6.07) is 6.72. The molecule has 1 aliphatic rings. The van der Waals surface area contributed by atoms with Crippen molar-refractivity contribution >= 4 is 34.9 Å². The van der Waals surface area contributed by atoms with Crippen LogP contribution in [-0.4, -0.2) is 38.9 Å². The maximum Gasteiger partial charge on any atom is 0.320 e. The number of rotatable bonds is 6. The zero-order valence-corrected chi connectivity index (χ0v) is 21.4. The summed E-state index contributed by atoms with van der Waals surface area (Å²) in [5.74, 6) is -2.06. The number of aryl methyl sites for hydroxylation is 1. The van der Waals surface area contributed by atoms with E-state index in [1.807, 2.05) is 0 Å². The SMILES string of the molecule is Cc1nc(OCc2ccc(F)cc2F)c(Cl)c(=O)n1-c1ccc2c(c1)N(C(N)=O)CN2C(=O)CC(C)(C)O. The number of nitrogens with zero attached hydrogens (tertiary/aromatic N) is 4. The Morgan fingerprint density at radius 1 is 1.16 bits per heavy atom. The maximum absolute atomic E-state index is 13.9. The first kappa shape index (κ1) is 27.0. The van der Waals surface area contributed by atoms with Crippen LogP contribution in [0.15, 0.2) is 41.2 Å². The number of hydrogen-bond acceptors (Lipinski definition) is 6. The number of anilines is 2. The topological polar surface area (TPSA) is 131 Å². The highest BCUT2D eigenvalue weighted by molar-refractivity contribution is 6.31. The number of urea groups is 1. The van der Waals surface area contributed by atoms with Gasteiger partial charge in [0.1, 0.15) is 30.7 Å². The summed E-state index contributed by atoms with van der Waals surface area (Å²) in [5.41, 5.74) is 4.52. The van der Waals surface area contributed by atoms with E-state index in [0.29, 0.717) is 11.8 Å². The molecule has 1 aliphatic heterocycles. The predicted molar refractivity (Wildman–Crippen MR) is 136 cm³/mol. The quantitative estimate of drug-likeness (QED) is 0.486. The standard InChI is InChI=1S/C25H24ClF2N5O5/c1-13-30-22(38-11-14-4-5-15(27)8-17(14)28)21(26)23(35)33(13)16-6-7-18-19(9-16)32(24(29)36)12-31(18)20(34)10-25(2,3)37/h4-9,37H,10-12H2,1-3H3,(H2,29,36). The summed E-state index contributed by atoms with van der Waals surface area (Å²) in [6.07, 6.45) is -0.192. The van der Waals surface area contributed by atoms with Gasteiger partial charge in [0.25, 0.3) is 5.56 Å². The molecular weight excluding hydrogens is 524 g/mol. The molecule has 0 aliphatic carbocycles. The molecule has 0 atom stereocenters. The summed E-state index contributed by atoms with van der Waals surface area (Å²) in [4.78, 5) is 44.8. The summed E-state index contributed by atoms with van der Waals surface area (Å²) < 4.78 is 33.7. The van der Waals surface area contributed by atoms with E-state index in [2.05, 4.69) is 4.98 Å². The third-order valence-electron chi connectivity index (χ3n) is 5.78. The van der Waals surface area contributed by atoms with Crippen molar-refractivity contribution in [1.29, 1.82) is 0 Å². The van der Waals surface area contributed by atoms with Gasteiger partial charge in [0.15, 0.2) is 5.02 Å². The minimum atomic E-state index is -1.27. The number of aliphatic hydroxyl groups is 1. The van der Waals surface area contributed by atoms with Crippen LogP contribution < -0.4 is 25.8 Å². The summed E-state index contributed by atoms with van der Waals surface area (Å²) >= 11 is 6.24. The smallest absolute Gasteiger partial charge is 0.320 e. The highest BCUT2D eigenvalue weighted by atomic mass is 35.5. The van der Waals surface area contributed by atoms with Crippen molar-refractivity contribution in [3.63, 3.8) is 0 Å². The third-order valence-corrected chi connectivity index (χ3v) is 6.10. The lowest BCUT2D eigenvalue weighted by Gasteiger charge is -2.22. The van der Waals surface area contributed by atoms with Crippen molar-refractivity contribution in [3.05, 3.63) is 74.8 Å². The molecular formula is C25H24ClF2N5O5. The van der Waals surface area contributed by atoms with E-state index in [1.165, 1.54) is 54.5 Å². The molecule has 0 fully saturated rings. The zero-order valence-electron chi connectivity index (χ0n) is 20.7. The summed E-state index contributed by atoms with van der Waals surface area (Å²) in [7, 11) is 0. The van der Waals surface area contributed by atoms with Crippen molar-refractivity contribution in [2.75, 3.05) is 16.5 Å². The average Bonchev–Trinajstić information content (AvgIpc) is 3.20. The first-order chi connectivity index (χ1) is 17.8. The molecule has 0 saturated heterocycles. The largest absolute Gasteiger partial charge is 0.471 e. The van der Waals surface area contributed by atoms with Crippen LogP contribution in [0.4, 0.5) is 25.0 Å². The Bertz CT molecular complexity index is 1500. The molecule has 13 heteroatoms. The van der Waals surface area contributed by atoms with E-state index in [-0.39, 0.29) is 53.4 Å². The van der Waals surface area contributed by atoms with E-state index in [4.69, 9.17) is 22.1 Å². The van der Waals surface area contributed by atoms with Gasteiger partial charge in [0.05, 0.1) is 29.1 Å². The molecule has 10 nitrogen and oxygen atoms in total. The van der Waals surface area contributed by atoms with Gasteiger partial charge in [-0.2, -0.15) is 4.98 Å². The highest BCUT2D eigenvalue weighted by Crippen LogP contribution is 2.38. The van der Waals surface area contributed by atoms with Gasteiger partial charge >= 0.3 is 6.03 Å². The van der Waals surface area contributed by atoms with Crippen molar-refractivity contribution < 1.29 is 28.2 Å². The van der Waals surface area contributed by atoms with Gasteiger partial charge in [-0.25, -0.2) is 13.6 Å². The van der Waals surface area contributed by atoms with Crippen LogP contribution in [0.25, 0.3) is 5.69 Å². The number of nitrogens with two attached hydrogens (primary N) is 1. The lowest BCUT2D eigenvalue weighted by molar-refractivity contribution is -0.122. The third kappa shape index (κ3) is 5.31. The Balaban J connectivity index is 1.68. The van der Waals surface area contributed by atoms with Crippen LogP contribution in [0.3, 0.4) is 0 Å². The second-order valence-electron chi connectivity index (χ2n) is 9.33. The monoisotopic (exact) mass is 547 g/mol. The number of carbonyl (C=O) groups is 2. The van der Waals surface area contributed by atoms with Crippen LogP contribution in [-0.2, 0) is 11.4 Å². The van der Waals surface area contributed by atoms with Crippen LogP contribution in [0.2, 0.25) is 5.02 Å². The molecule has 0 radical (unpaired) electrons. The van der Waals surface area contributed by atoms with Crippen LogP contribution in [0.5, 0.6) is 5.88 Å². The molecule has 3 amide bonds. The van der Waals surface area contributed by atoms with Gasteiger partial charge in [-0.3, -0.25) is 24.0 Å². The van der Waals surface area contributed by atoms with Gasteiger partial charge < -0.3 is 15.6 Å². The fourth-order valence-corrected chi connectivity index (χ4v) is 4.20. The molecule has 2 aromatic carbocycles. The second kappa shape index (κ2) is 10.0. The molecule has 3 aromatic rings. The maximum atomic E-state index is 13.9. The van der Waals surface area contributed by atoms with Crippen molar-refractivity contribution in [2.24, 2.45) is 5.73 Å². The Kier molecular flexibility index (Phi) is 7.13. The number of benzene rings is 2. The van der Waals surface area contributed by atoms with Crippen LogP contribution >= 0.6 is 11.6 Å². The summed E-state index contributed by atoms with van der Waals surface area (Å²) in [6.45, 7) is 3.99. The van der Waals surface area contributed by atoms with E-state index in [9.17, 15) is 28.3 Å². The fraction of sp³-hybridized carbons (Fsp3) is 0.280. The van der Waals surface area contributed by atoms with E-state index in [1.54, 1.807) is 0 Å².